The molecule has 18 heavy (non-hydrogen) atoms. The predicted octanol–water partition coefficient (Wildman–Crippen LogP) is 1.35. The van der Waals surface area contributed by atoms with E-state index in [0.29, 0.717) is 12.3 Å². The van der Waals surface area contributed by atoms with Crippen LogP contribution in [0.5, 0.6) is 5.75 Å². The first-order chi connectivity index (χ1) is 8.72. The molecular formula is C13H12N2O3. The largest absolute Gasteiger partial charge is 0.481 e. The van der Waals surface area contributed by atoms with Crippen LogP contribution in [0.1, 0.15) is 6.92 Å². The molecular weight excluding hydrogens is 232 g/mol. The van der Waals surface area contributed by atoms with E-state index < -0.39 is 0 Å². The zero-order chi connectivity index (χ0) is 12.7. The van der Waals surface area contributed by atoms with Gasteiger partial charge >= 0.3 is 0 Å². The highest BCUT2D eigenvalue weighted by Gasteiger charge is 2.23. The summed E-state index contributed by atoms with van der Waals surface area (Å²) in [5.41, 5.74) is 0.839. The van der Waals surface area contributed by atoms with E-state index in [1.807, 2.05) is 31.2 Å². The van der Waals surface area contributed by atoms with Crippen LogP contribution < -0.4 is 15.6 Å². The van der Waals surface area contributed by atoms with Crippen molar-refractivity contribution in [3.05, 3.63) is 34.6 Å². The number of fused-ring (bicyclic) bond motifs is 3. The maximum Gasteiger partial charge on any atom is 0.278 e. The van der Waals surface area contributed by atoms with Gasteiger partial charge in [-0.2, -0.15) is 0 Å². The topological polar surface area (TPSA) is 60.3 Å². The molecule has 2 heterocycles. The van der Waals surface area contributed by atoms with E-state index in [1.54, 1.807) is 4.57 Å². The molecule has 0 fully saturated rings. The van der Waals surface area contributed by atoms with E-state index >= 15 is 0 Å². The maximum atomic E-state index is 12.3. The molecule has 0 atom stereocenters. The second-order valence-corrected chi connectivity index (χ2v) is 4.11. The lowest BCUT2D eigenvalue weighted by molar-refractivity contribution is -0.118. The Morgan fingerprint density at radius 3 is 2.89 bits per heavy atom. The van der Waals surface area contributed by atoms with Crippen LogP contribution in [0.3, 0.4) is 0 Å². The van der Waals surface area contributed by atoms with E-state index in [9.17, 15) is 9.59 Å². The number of rotatable bonds is 1. The zero-order valence-electron chi connectivity index (χ0n) is 9.90. The molecule has 0 saturated carbocycles. The molecule has 1 aliphatic heterocycles. The number of aromatic nitrogens is 1. The summed E-state index contributed by atoms with van der Waals surface area (Å²) in [7, 11) is 0. The van der Waals surface area contributed by atoms with Crippen molar-refractivity contribution >= 4 is 22.5 Å². The number of amides is 1. The molecule has 0 radical (unpaired) electrons. The number of carbonyl (C=O) groups is 1. The molecule has 3 rings (SSSR count). The number of benzene rings is 1. The third kappa shape index (κ3) is 1.40. The van der Waals surface area contributed by atoms with Crippen molar-refractivity contribution in [2.24, 2.45) is 0 Å². The molecule has 1 aromatic heterocycles. The minimum absolute atomic E-state index is 0.0490. The fourth-order valence-electron chi connectivity index (χ4n) is 2.26. The average Bonchev–Trinajstić information content (AvgIpc) is 2.39. The molecule has 2 aromatic rings. The van der Waals surface area contributed by atoms with E-state index in [2.05, 4.69) is 5.32 Å². The van der Waals surface area contributed by atoms with Crippen molar-refractivity contribution in [2.75, 3.05) is 11.9 Å². The Hall–Kier alpha value is -2.30. The summed E-state index contributed by atoms with van der Waals surface area (Å²) in [6, 6.07) is 7.52. The Morgan fingerprint density at radius 1 is 1.33 bits per heavy atom. The lowest BCUT2D eigenvalue weighted by Gasteiger charge is -2.21. The Morgan fingerprint density at radius 2 is 2.11 bits per heavy atom. The van der Waals surface area contributed by atoms with Crippen molar-refractivity contribution in [1.82, 2.24) is 4.57 Å². The van der Waals surface area contributed by atoms with Gasteiger partial charge in [-0.25, -0.2) is 0 Å². The van der Waals surface area contributed by atoms with E-state index in [-0.39, 0.29) is 23.8 Å². The number of carbonyl (C=O) groups excluding carboxylic acids is 1. The second-order valence-electron chi connectivity index (χ2n) is 4.11. The van der Waals surface area contributed by atoms with Crippen LogP contribution >= 0.6 is 0 Å². The second kappa shape index (κ2) is 3.87. The number of hydrogen-bond acceptors (Lipinski definition) is 3. The highest BCUT2D eigenvalue weighted by molar-refractivity contribution is 6.01. The molecule has 1 amide bonds. The van der Waals surface area contributed by atoms with Crippen LogP contribution in [0, 0.1) is 0 Å². The summed E-state index contributed by atoms with van der Waals surface area (Å²) in [6.45, 7) is 2.39. The van der Waals surface area contributed by atoms with Gasteiger partial charge in [-0.3, -0.25) is 9.59 Å². The van der Waals surface area contributed by atoms with Crippen LogP contribution in [0.4, 0.5) is 5.69 Å². The number of nitrogens with one attached hydrogen (secondary N) is 1. The van der Waals surface area contributed by atoms with Crippen LogP contribution in [0.2, 0.25) is 0 Å². The van der Waals surface area contributed by atoms with Gasteiger partial charge in [-0.1, -0.05) is 12.1 Å². The summed E-state index contributed by atoms with van der Waals surface area (Å²) >= 11 is 0. The van der Waals surface area contributed by atoms with Crippen molar-refractivity contribution in [3.63, 3.8) is 0 Å². The first-order valence-corrected chi connectivity index (χ1v) is 5.80. The smallest absolute Gasteiger partial charge is 0.278 e. The van der Waals surface area contributed by atoms with Gasteiger partial charge in [0.05, 0.1) is 5.52 Å². The first-order valence-electron chi connectivity index (χ1n) is 5.80. The summed E-state index contributed by atoms with van der Waals surface area (Å²) in [4.78, 5) is 23.6. The van der Waals surface area contributed by atoms with Crippen LogP contribution in [0.15, 0.2) is 29.1 Å². The highest BCUT2D eigenvalue weighted by atomic mass is 16.5. The summed E-state index contributed by atoms with van der Waals surface area (Å²) < 4.78 is 7.03. The molecule has 0 unspecified atom stereocenters. The lowest BCUT2D eigenvalue weighted by Crippen LogP contribution is -2.33. The maximum absolute atomic E-state index is 12.3. The monoisotopic (exact) mass is 244 g/mol. The third-order valence-electron chi connectivity index (χ3n) is 3.05. The number of pyridine rings is 1. The number of aryl methyl sites for hydroxylation is 1. The molecule has 1 N–H and O–H groups in total. The fraction of sp³-hybridized carbons (Fsp3) is 0.231. The van der Waals surface area contributed by atoms with Crippen molar-refractivity contribution < 1.29 is 9.53 Å². The van der Waals surface area contributed by atoms with Crippen LogP contribution in [-0.2, 0) is 11.3 Å². The molecule has 0 spiro atoms. The number of anilines is 1. The number of nitrogens with zero attached hydrogens (tertiary/aromatic N) is 1. The van der Waals surface area contributed by atoms with E-state index in [1.165, 1.54) is 0 Å². The van der Waals surface area contributed by atoms with E-state index in [4.69, 9.17) is 4.74 Å². The Labute approximate surface area is 103 Å². The van der Waals surface area contributed by atoms with E-state index in [0.717, 1.165) is 10.9 Å². The summed E-state index contributed by atoms with van der Waals surface area (Å²) in [5.74, 6) is 0.178. The van der Waals surface area contributed by atoms with Gasteiger partial charge in [0.2, 0.25) is 0 Å². The number of hydrogen-bond donors (Lipinski definition) is 1. The Kier molecular flexibility index (Phi) is 2.33. The standard InChI is InChI=1S/C13H12N2O3/c1-2-15-9-6-4-3-5-8(9)12-11(13(15)17)14-10(16)7-18-12/h3-6H,2,7H2,1H3,(H,14,16). The zero-order valence-corrected chi connectivity index (χ0v) is 9.90. The predicted molar refractivity (Wildman–Crippen MR) is 68.0 cm³/mol. The van der Waals surface area contributed by atoms with Gasteiger partial charge < -0.3 is 14.6 Å². The molecule has 0 saturated heterocycles. The Balaban J connectivity index is 2.45. The van der Waals surface area contributed by atoms with Crippen molar-refractivity contribution in [2.45, 2.75) is 13.5 Å². The van der Waals surface area contributed by atoms with Crippen LogP contribution in [-0.4, -0.2) is 17.1 Å². The van der Waals surface area contributed by atoms with Crippen molar-refractivity contribution in [3.8, 4) is 5.75 Å². The molecule has 5 nitrogen and oxygen atoms in total. The van der Waals surface area contributed by atoms with Gasteiger partial charge in [0.25, 0.3) is 11.5 Å². The van der Waals surface area contributed by atoms with Gasteiger partial charge in [-0.05, 0) is 19.1 Å². The molecule has 92 valence electrons. The van der Waals surface area contributed by atoms with Gasteiger partial charge in [0.15, 0.2) is 18.0 Å². The average molecular weight is 244 g/mol. The number of para-hydroxylation sites is 1. The van der Waals surface area contributed by atoms with Gasteiger partial charge in [0, 0.05) is 11.9 Å². The minimum atomic E-state index is -0.294. The van der Waals surface area contributed by atoms with Gasteiger partial charge in [0.1, 0.15) is 0 Å². The highest BCUT2D eigenvalue weighted by Crippen LogP contribution is 2.32. The first kappa shape index (κ1) is 10.8. The molecule has 1 aliphatic rings. The normalized spacial score (nSPS) is 13.9. The lowest BCUT2D eigenvalue weighted by atomic mass is 10.1. The SMILES string of the molecule is CCn1c(=O)c2c(c3ccccc31)OCC(=O)N2. The van der Waals surface area contributed by atoms with Crippen molar-refractivity contribution in [1.29, 1.82) is 0 Å². The fourth-order valence-corrected chi connectivity index (χ4v) is 2.26. The molecule has 1 aromatic carbocycles. The summed E-state index contributed by atoms with van der Waals surface area (Å²) in [6.07, 6.45) is 0. The summed E-state index contributed by atoms with van der Waals surface area (Å²) in [5, 5.41) is 3.44. The minimum Gasteiger partial charge on any atom is -0.481 e. The van der Waals surface area contributed by atoms with Crippen LogP contribution in [0.25, 0.3) is 10.9 Å². The molecule has 5 heteroatoms. The quantitative estimate of drug-likeness (QED) is 0.823. The molecule has 0 aliphatic carbocycles. The number of ether oxygens (including phenoxy) is 1. The molecule has 0 bridgehead atoms. The van der Waals surface area contributed by atoms with Gasteiger partial charge in [-0.15, -0.1) is 0 Å². The third-order valence-corrected chi connectivity index (χ3v) is 3.05. The Bertz CT molecular complexity index is 703.